The first kappa shape index (κ1) is 20.2. The van der Waals surface area contributed by atoms with E-state index in [0.717, 1.165) is 0 Å². The summed E-state index contributed by atoms with van der Waals surface area (Å²) < 4.78 is 15.1. The van der Waals surface area contributed by atoms with Gasteiger partial charge in [-0.2, -0.15) is 0 Å². The molecule has 0 saturated heterocycles. The fourth-order valence-electron chi connectivity index (χ4n) is 2.20. The summed E-state index contributed by atoms with van der Waals surface area (Å²) in [5, 5.41) is 22.2. The first-order chi connectivity index (χ1) is 12.8. The molecule has 27 heavy (non-hydrogen) atoms. The fraction of sp³-hybridized carbons (Fsp3) is 0.222. The van der Waals surface area contributed by atoms with Crippen LogP contribution in [0.1, 0.15) is 15.9 Å². The molecule has 3 N–H and O–H groups in total. The lowest BCUT2D eigenvalue weighted by molar-refractivity contribution is -0.119. The second-order valence-electron chi connectivity index (χ2n) is 5.44. The van der Waals surface area contributed by atoms with Crippen molar-refractivity contribution in [3.8, 4) is 23.0 Å². The van der Waals surface area contributed by atoms with Crippen molar-refractivity contribution in [2.45, 2.75) is 6.92 Å². The molecule has 0 radical (unpaired) electrons. The van der Waals surface area contributed by atoms with Crippen LogP contribution in [0.3, 0.4) is 0 Å². The van der Waals surface area contributed by atoms with Crippen molar-refractivity contribution in [3.63, 3.8) is 0 Å². The minimum atomic E-state index is -0.960. The Morgan fingerprint density at radius 2 is 1.74 bits per heavy atom. The van der Waals surface area contributed by atoms with Crippen LogP contribution in [-0.2, 0) is 9.53 Å². The lowest BCUT2D eigenvalue weighted by atomic mass is 10.1. The van der Waals surface area contributed by atoms with Gasteiger partial charge in [0.05, 0.1) is 24.9 Å². The number of hydrogen-bond acceptors (Lipinski definition) is 7. The van der Waals surface area contributed by atoms with Crippen molar-refractivity contribution < 1.29 is 34.0 Å². The molecular formula is C18H18ClNO7. The molecule has 0 bridgehead atoms. The normalized spacial score (nSPS) is 10.2. The molecule has 0 spiro atoms. The largest absolute Gasteiger partial charge is 0.504 e. The number of halogens is 1. The van der Waals surface area contributed by atoms with Crippen molar-refractivity contribution in [2.24, 2.45) is 0 Å². The van der Waals surface area contributed by atoms with Crippen LogP contribution in [0.2, 0.25) is 5.02 Å². The third kappa shape index (κ3) is 4.53. The third-order valence-corrected chi connectivity index (χ3v) is 3.95. The number of nitrogens with one attached hydrogen (secondary N) is 1. The highest BCUT2D eigenvalue weighted by atomic mass is 35.5. The van der Waals surface area contributed by atoms with E-state index in [9.17, 15) is 19.8 Å². The molecule has 144 valence electrons. The van der Waals surface area contributed by atoms with Gasteiger partial charge in [0.2, 0.25) is 0 Å². The molecule has 2 aromatic rings. The predicted octanol–water partition coefficient (Wildman–Crippen LogP) is 2.87. The molecule has 0 aliphatic rings. The van der Waals surface area contributed by atoms with Gasteiger partial charge in [0, 0.05) is 6.07 Å². The van der Waals surface area contributed by atoms with Gasteiger partial charge in [-0.25, -0.2) is 4.79 Å². The Hall–Kier alpha value is -3.13. The van der Waals surface area contributed by atoms with E-state index in [0.29, 0.717) is 17.1 Å². The SMILES string of the molecule is COc1cc(OC)c(NC(=O)COC(=O)c2ccc(C)c(O)c2O)cc1Cl. The summed E-state index contributed by atoms with van der Waals surface area (Å²) in [4.78, 5) is 24.1. The van der Waals surface area contributed by atoms with Crippen molar-refractivity contribution in [3.05, 3.63) is 40.4 Å². The van der Waals surface area contributed by atoms with E-state index in [1.54, 1.807) is 6.92 Å². The zero-order chi connectivity index (χ0) is 20.1. The second kappa shape index (κ2) is 8.50. The molecule has 0 atom stereocenters. The number of methoxy groups -OCH3 is 2. The topological polar surface area (TPSA) is 114 Å². The van der Waals surface area contributed by atoms with E-state index in [1.165, 1.54) is 38.5 Å². The Bertz CT molecular complexity index is 882. The highest BCUT2D eigenvalue weighted by molar-refractivity contribution is 6.32. The number of aromatic hydroxyl groups is 2. The number of hydrogen-bond donors (Lipinski definition) is 3. The second-order valence-corrected chi connectivity index (χ2v) is 5.85. The average molecular weight is 396 g/mol. The molecule has 0 saturated carbocycles. The van der Waals surface area contributed by atoms with Gasteiger partial charge in [-0.1, -0.05) is 17.7 Å². The molecule has 0 heterocycles. The summed E-state index contributed by atoms with van der Waals surface area (Å²) in [6.45, 7) is 0.935. The molecule has 0 unspecified atom stereocenters. The standard InChI is InChI=1S/C18H18ClNO7/c1-9-4-5-10(17(23)16(9)22)18(24)27-8-15(21)20-12-6-11(19)13(25-2)7-14(12)26-3/h4-7,22-23H,8H2,1-3H3,(H,20,21). The highest BCUT2D eigenvalue weighted by Crippen LogP contribution is 2.36. The maximum absolute atomic E-state index is 12.1. The number of phenols is 2. The van der Waals surface area contributed by atoms with Gasteiger partial charge in [-0.05, 0) is 24.6 Å². The number of esters is 1. The lowest BCUT2D eigenvalue weighted by Gasteiger charge is -2.13. The van der Waals surface area contributed by atoms with Gasteiger partial charge in [0.1, 0.15) is 17.1 Å². The zero-order valence-corrected chi connectivity index (χ0v) is 15.6. The van der Waals surface area contributed by atoms with Gasteiger partial charge in [0.15, 0.2) is 18.1 Å². The molecule has 2 rings (SSSR count). The van der Waals surface area contributed by atoms with E-state index >= 15 is 0 Å². The summed E-state index contributed by atoms with van der Waals surface area (Å²) >= 11 is 6.03. The van der Waals surface area contributed by atoms with Crippen LogP contribution in [0.15, 0.2) is 24.3 Å². The molecular weight excluding hydrogens is 378 g/mol. The first-order valence-electron chi connectivity index (χ1n) is 7.68. The Kier molecular flexibility index (Phi) is 6.36. The van der Waals surface area contributed by atoms with Crippen LogP contribution in [0, 0.1) is 6.92 Å². The van der Waals surface area contributed by atoms with Gasteiger partial charge >= 0.3 is 5.97 Å². The Morgan fingerprint density at radius 1 is 1.07 bits per heavy atom. The minimum Gasteiger partial charge on any atom is -0.504 e. The maximum Gasteiger partial charge on any atom is 0.342 e. The zero-order valence-electron chi connectivity index (χ0n) is 14.8. The first-order valence-corrected chi connectivity index (χ1v) is 8.06. The highest BCUT2D eigenvalue weighted by Gasteiger charge is 2.19. The summed E-state index contributed by atoms with van der Waals surface area (Å²) in [5.41, 5.74) is 0.404. The Labute approximate surface area is 160 Å². The van der Waals surface area contributed by atoms with Crippen LogP contribution in [-0.4, -0.2) is 42.9 Å². The van der Waals surface area contributed by atoms with Crippen LogP contribution >= 0.6 is 11.6 Å². The number of anilines is 1. The smallest absolute Gasteiger partial charge is 0.342 e. The van der Waals surface area contributed by atoms with E-state index in [4.69, 9.17) is 25.8 Å². The monoisotopic (exact) mass is 395 g/mol. The molecule has 0 aliphatic heterocycles. The van der Waals surface area contributed by atoms with Crippen LogP contribution in [0.25, 0.3) is 0 Å². The molecule has 9 heteroatoms. The maximum atomic E-state index is 12.1. The van der Waals surface area contributed by atoms with Crippen LogP contribution in [0.5, 0.6) is 23.0 Å². The van der Waals surface area contributed by atoms with E-state index in [-0.39, 0.29) is 16.3 Å². The van der Waals surface area contributed by atoms with Gasteiger partial charge in [-0.15, -0.1) is 0 Å². The molecule has 1 amide bonds. The number of amides is 1. The summed E-state index contributed by atoms with van der Waals surface area (Å²) in [7, 11) is 2.85. The van der Waals surface area contributed by atoms with E-state index in [1.807, 2.05) is 0 Å². The van der Waals surface area contributed by atoms with Gasteiger partial charge in [-0.3, -0.25) is 4.79 Å². The fourth-order valence-corrected chi connectivity index (χ4v) is 2.44. The Morgan fingerprint density at radius 3 is 2.37 bits per heavy atom. The van der Waals surface area contributed by atoms with Crippen molar-refractivity contribution in [1.29, 1.82) is 0 Å². The number of carbonyl (C=O) groups is 2. The average Bonchev–Trinajstić information content (AvgIpc) is 2.64. The molecule has 0 aliphatic carbocycles. The van der Waals surface area contributed by atoms with E-state index in [2.05, 4.69) is 5.32 Å². The van der Waals surface area contributed by atoms with Crippen molar-refractivity contribution >= 4 is 29.2 Å². The predicted molar refractivity (Wildman–Crippen MR) is 98.0 cm³/mol. The third-order valence-electron chi connectivity index (χ3n) is 3.66. The van der Waals surface area contributed by atoms with Gasteiger partial charge < -0.3 is 29.7 Å². The summed E-state index contributed by atoms with van der Waals surface area (Å²) in [6.07, 6.45) is 0. The number of benzene rings is 2. The van der Waals surface area contributed by atoms with Crippen LogP contribution < -0.4 is 14.8 Å². The molecule has 2 aromatic carbocycles. The van der Waals surface area contributed by atoms with Crippen molar-refractivity contribution in [1.82, 2.24) is 0 Å². The van der Waals surface area contributed by atoms with Gasteiger partial charge in [0.25, 0.3) is 5.91 Å². The summed E-state index contributed by atoms with van der Waals surface area (Å²) in [6, 6.07) is 5.66. The summed E-state index contributed by atoms with van der Waals surface area (Å²) in [5.74, 6) is -1.98. The number of aryl methyl sites for hydroxylation is 1. The number of carbonyl (C=O) groups excluding carboxylic acids is 2. The number of ether oxygens (including phenoxy) is 3. The Balaban J connectivity index is 2.06. The number of rotatable bonds is 6. The number of phenolic OH excluding ortho intramolecular Hbond substituents is 2. The lowest BCUT2D eigenvalue weighted by Crippen LogP contribution is -2.21. The molecule has 0 aromatic heterocycles. The quantitative estimate of drug-likeness (QED) is 0.509. The van der Waals surface area contributed by atoms with Crippen LogP contribution in [0.4, 0.5) is 5.69 Å². The van der Waals surface area contributed by atoms with Crippen molar-refractivity contribution in [2.75, 3.05) is 26.1 Å². The molecule has 8 nitrogen and oxygen atoms in total. The minimum absolute atomic E-state index is 0.254. The van der Waals surface area contributed by atoms with E-state index < -0.39 is 30.0 Å². The molecule has 0 fully saturated rings.